The topological polar surface area (TPSA) is 66.9 Å². The number of aromatic nitrogens is 1. The van der Waals surface area contributed by atoms with E-state index in [-0.39, 0.29) is 18.2 Å². The number of carbonyl (C=O) groups excluding carboxylic acids is 1. The molecule has 2 aromatic carbocycles. The van der Waals surface area contributed by atoms with Crippen LogP contribution in [0.25, 0.3) is 10.9 Å². The Morgan fingerprint density at radius 1 is 1.17 bits per heavy atom. The van der Waals surface area contributed by atoms with Crippen LogP contribution in [0.4, 0.5) is 5.69 Å². The van der Waals surface area contributed by atoms with Gasteiger partial charge in [0, 0.05) is 11.9 Å². The summed E-state index contributed by atoms with van der Waals surface area (Å²) in [6.07, 6.45) is 0.191. The van der Waals surface area contributed by atoms with Gasteiger partial charge in [-0.25, -0.2) is 0 Å². The molecule has 0 radical (unpaired) electrons. The van der Waals surface area contributed by atoms with Crippen LogP contribution in [0, 0.1) is 6.92 Å². The van der Waals surface area contributed by atoms with E-state index in [2.05, 4.69) is 10.2 Å². The summed E-state index contributed by atoms with van der Waals surface area (Å²) in [4.78, 5) is 12.0. The summed E-state index contributed by atoms with van der Waals surface area (Å²) in [7, 11) is 0. The number of benzene rings is 2. The lowest BCUT2D eigenvalue weighted by molar-refractivity contribution is -0.117. The monoisotopic (exact) mass is 321 g/mol. The molecule has 1 heterocycles. The van der Waals surface area contributed by atoms with Crippen molar-refractivity contribution in [2.45, 2.75) is 26.8 Å². The van der Waals surface area contributed by atoms with Gasteiger partial charge < -0.3 is 9.67 Å². The smallest absolute Gasteiger partial charge is 0.269 e. The molecule has 1 aromatic heterocycles. The Labute approximate surface area is 140 Å². The molecule has 5 heteroatoms. The van der Waals surface area contributed by atoms with Crippen molar-refractivity contribution in [2.24, 2.45) is 10.2 Å². The van der Waals surface area contributed by atoms with Crippen LogP contribution in [0.15, 0.2) is 58.8 Å². The van der Waals surface area contributed by atoms with E-state index in [1.54, 1.807) is 4.57 Å². The van der Waals surface area contributed by atoms with Gasteiger partial charge >= 0.3 is 0 Å². The molecule has 0 saturated heterocycles. The largest absolute Gasteiger partial charge is 0.493 e. The number of hydrogen-bond acceptors (Lipinski definition) is 3. The predicted octanol–water partition coefficient (Wildman–Crippen LogP) is 4.53. The first-order valence-corrected chi connectivity index (χ1v) is 7.90. The van der Waals surface area contributed by atoms with E-state index in [0.29, 0.717) is 12.2 Å². The molecule has 24 heavy (non-hydrogen) atoms. The van der Waals surface area contributed by atoms with Crippen molar-refractivity contribution in [3.05, 3.63) is 59.7 Å². The fraction of sp³-hybridized carbons (Fsp3) is 0.211. The average Bonchev–Trinajstić information content (AvgIpc) is 2.84. The molecule has 3 rings (SSSR count). The lowest BCUT2D eigenvalue weighted by Gasteiger charge is -2.01. The second kappa shape index (κ2) is 6.66. The molecule has 0 spiro atoms. The van der Waals surface area contributed by atoms with Crippen LogP contribution in [0.3, 0.4) is 0 Å². The SMILES string of the molecule is CCn1c(O)c(N=NC(=O)Cc2ccccc2)c2cc(C)ccc21. The second-order valence-corrected chi connectivity index (χ2v) is 5.69. The van der Waals surface area contributed by atoms with Gasteiger partial charge in [-0.05, 0) is 31.5 Å². The third-order valence-electron chi connectivity index (χ3n) is 3.94. The minimum atomic E-state index is -0.342. The predicted molar refractivity (Wildman–Crippen MR) is 93.7 cm³/mol. The molecule has 1 amide bonds. The summed E-state index contributed by atoms with van der Waals surface area (Å²) in [5.74, 6) is -0.306. The number of nitrogens with zero attached hydrogens (tertiary/aromatic N) is 3. The Balaban J connectivity index is 1.93. The first kappa shape index (κ1) is 15.9. The van der Waals surface area contributed by atoms with Crippen molar-refractivity contribution < 1.29 is 9.90 Å². The summed E-state index contributed by atoms with van der Waals surface area (Å²) in [6, 6.07) is 15.3. The van der Waals surface area contributed by atoms with Gasteiger partial charge in [-0.1, -0.05) is 42.0 Å². The third-order valence-corrected chi connectivity index (χ3v) is 3.94. The van der Waals surface area contributed by atoms with Gasteiger partial charge in [0.05, 0.1) is 11.9 Å². The van der Waals surface area contributed by atoms with Crippen molar-refractivity contribution >= 4 is 22.5 Å². The van der Waals surface area contributed by atoms with Crippen molar-refractivity contribution in [1.29, 1.82) is 0 Å². The molecule has 0 unspecified atom stereocenters. The summed E-state index contributed by atoms with van der Waals surface area (Å²) in [5, 5.41) is 19.0. The molecule has 0 aliphatic rings. The van der Waals surface area contributed by atoms with Crippen LogP contribution in [-0.2, 0) is 17.8 Å². The summed E-state index contributed by atoms with van der Waals surface area (Å²) < 4.78 is 1.75. The highest BCUT2D eigenvalue weighted by atomic mass is 16.3. The summed E-state index contributed by atoms with van der Waals surface area (Å²) >= 11 is 0. The lowest BCUT2D eigenvalue weighted by Crippen LogP contribution is -1.97. The molecule has 1 N–H and O–H groups in total. The maximum Gasteiger partial charge on any atom is 0.269 e. The van der Waals surface area contributed by atoms with E-state index in [1.165, 1.54) is 0 Å². The van der Waals surface area contributed by atoms with E-state index >= 15 is 0 Å². The highest BCUT2D eigenvalue weighted by Crippen LogP contribution is 2.39. The van der Waals surface area contributed by atoms with E-state index in [4.69, 9.17) is 0 Å². The molecule has 0 saturated carbocycles. The minimum Gasteiger partial charge on any atom is -0.493 e. The molecular formula is C19H19N3O2. The molecular weight excluding hydrogens is 302 g/mol. The fourth-order valence-corrected chi connectivity index (χ4v) is 2.77. The molecule has 0 bridgehead atoms. The van der Waals surface area contributed by atoms with Crippen molar-refractivity contribution in [3.63, 3.8) is 0 Å². The van der Waals surface area contributed by atoms with Crippen LogP contribution in [-0.4, -0.2) is 15.6 Å². The maximum absolute atomic E-state index is 12.0. The maximum atomic E-state index is 12.0. The third kappa shape index (κ3) is 3.06. The number of carbonyl (C=O) groups is 1. The van der Waals surface area contributed by atoms with E-state index < -0.39 is 0 Å². The molecule has 0 fully saturated rings. The quantitative estimate of drug-likeness (QED) is 0.717. The number of rotatable bonds is 4. The number of amides is 1. The van der Waals surface area contributed by atoms with Crippen LogP contribution < -0.4 is 0 Å². The van der Waals surface area contributed by atoms with Crippen LogP contribution in [0.5, 0.6) is 5.88 Å². The normalized spacial score (nSPS) is 11.4. The molecule has 0 atom stereocenters. The van der Waals surface area contributed by atoms with E-state index in [9.17, 15) is 9.90 Å². The van der Waals surface area contributed by atoms with Gasteiger partial charge in [-0.15, -0.1) is 10.2 Å². The summed E-state index contributed by atoms with van der Waals surface area (Å²) in [5.41, 5.74) is 3.17. The standard InChI is InChI=1S/C19H19N3O2/c1-3-22-16-10-9-13(2)11-15(16)18(19(22)24)21-20-17(23)12-14-7-5-4-6-8-14/h4-11,24H,3,12H2,1-2H3. The minimum absolute atomic E-state index is 0.0364. The number of azo groups is 1. The van der Waals surface area contributed by atoms with Gasteiger partial charge in [0.15, 0.2) is 5.69 Å². The van der Waals surface area contributed by atoms with Gasteiger partial charge in [0.1, 0.15) is 0 Å². The molecule has 0 aliphatic carbocycles. The van der Waals surface area contributed by atoms with Crippen LogP contribution in [0.2, 0.25) is 0 Å². The highest BCUT2D eigenvalue weighted by Gasteiger charge is 2.16. The zero-order chi connectivity index (χ0) is 17.1. The number of fused-ring (bicyclic) bond motifs is 1. The van der Waals surface area contributed by atoms with E-state index in [0.717, 1.165) is 22.0 Å². The zero-order valence-corrected chi connectivity index (χ0v) is 13.7. The van der Waals surface area contributed by atoms with Gasteiger partial charge in [-0.3, -0.25) is 4.79 Å². The van der Waals surface area contributed by atoms with Gasteiger partial charge in [0.2, 0.25) is 5.88 Å². The average molecular weight is 321 g/mol. The van der Waals surface area contributed by atoms with Crippen molar-refractivity contribution in [3.8, 4) is 5.88 Å². The Morgan fingerprint density at radius 2 is 1.92 bits per heavy atom. The Hall–Kier alpha value is -2.95. The van der Waals surface area contributed by atoms with Gasteiger partial charge in [-0.2, -0.15) is 0 Å². The second-order valence-electron chi connectivity index (χ2n) is 5.69. The number of aryl methyl sites for hydroxylation is 2. The van der Waals surface area contributed by atoms with Crippen LogP contribution in [0.1, 0.15) is 18.1 Å². The Kier molecular flexibility index (Phi) is 4.42. The zero-order valence-electron chi connectivity index (χ0n) is 13.7. The lowest BCUT2D eigenvalue weighted by atomic mass is 10.1. The number of hydrogen-bond donors (Lipinski definition) is 1. The molecule has 0 aliphatic heterocycles. The van der Waals surface area contributed by atoms with Crippen molar-refractivity contribution in [1.82, 2.24) is 4.57 Å². The number of aromatic hydroxyl groups is 1. The first-order valence-electron chi connectivity index (χ1n) is 7.90. The van der Waals surface area contributed by atoms with Crippen LogP contribution >= 0.6 is 0 Å². The molecule has 5 nitrogen and oxygen atoms in total. The first-order chi connectivity index (χ1) is 11.6. The summed E-state index contributed by atoms with van der Waals surface area (Å²) in [6.45, 7) is 4.53. The van der Waals surface area contributed by atoms with Gasteiger partial charge in [0.25, 0.3) is 5.91 Å². The highest BCUT2D eigenvalue weighted by molar-refractivity contribution is 5.95. The molecule has 122 valence electrons. The fourth-order valence-electron chi connectivity index (χ4n) is 2.77. The van der Waals surface area contributed by atoms with E-state index in [1.807, 2.05) is 62.4 Å². The Bertz CT molecular complexity index is 911. The molecule has 3 aromatic rings. The van der Waals surface area contributed by atoms with Crippen molar-refractivity contribution in [2.75, 3.05) is 0 Å². The Morgan fingerprint density at radius 3 is 2.62 bits per heavy atom.